The highest BCUT2D eigenvalue weighted by Gasteiger charge is 2.49. The molecule has 2 atom stereocenters. The lowest BCUT2D eigenvalue weighted by Crippen LogP contribution is -2.54. The number of hydrogen-bond acceptors (Lipinski definition) is 6. The second-order valence-electron chi connectivity index (χ2n) is 8.84. The second kappa shape index (κ2) is 7.28. The first-order valence-corrected chi connectivity index (χ1v) is 10.8. The van der Waals surface area contributed by atoms with Crippen LogP contribution in [0.5, 0.6) is 0 Å². The van der Waals surface area contributed by atoms with Crippen molar-refractivity contribution in [2.24, 2.45) is 5.92 Å². The van der Waals surface area contributed by atoms with Gasteiger partial charge in [0.2, 0.25) is 11.8 Å². The molecule has 8 heteroatoms. The summed E-state index contributed by atoms with van der Waals surface area (Å²) in [6.07, 6.45) is 4.93. The van der Waals surface area contributed by atoms with Crippen LogP contribution in [0.2, 0.25) is 0 Å². The quantitative estimate of drug-likeness (QED) is 0.617. The maximum Gasteiger partial charge on any atom is 0.262 e. The molecule has 158 valence electrons. The Balaban J connectivity index is 1.36. The van der Waals surface area contributed by atoms with Crippen molar-refractivity contribution >= 4 is 23.6 Å². The van der Waals surface area contributed by atoms with Crippen LogP contribution in [0.25, 0.3) is 0 Å². The molecule has 4 aliphatic rings. The number of amides is 4. The number of nitrogens with zero attached hydrogens (tertiary/aromatic N) is 1. The first kappa shape index (κ1) is 19.4. The Hall–Kier alpha value is -2.58. The van der Waals surface area contributed by atoms with Crippen LogP contribution in [0.1, 0.15) is 64.8 Å². The molecule has 1 aromatic rings. The smallest absolute Gasteiger partial charge is 0.262 e. The predicted octanol–water partition coefficient (Wildman–Crippen LogP) is 0.710. The highest BCUT2D eigenvalue weighted by molar-refractivity contribution is 6.24. The van der Waals surface area contributed by atoms with Gasteiger partial charge in [-0.3, -0.25) is 29.4 Å². The molecule has 8 nitrogen and oxygen atoms in total. The van der Waals surface area contributed by atoms with Crippen molar-refractivity contribution in [3.05, 3.63) is 34.9 Å². The number of imide groups is 2. The Bertz CT molecular complexity index is 933. The van der Waals surface area contributed by atoms with Crippen molar-refractivity contribution in [1.82, 2.24) is 20.9 Å². The molecule has 2 unspecified atom stereocenters. The molecule has 3 aliphatic heterocycles. The van der Waals surface area contributed by atoms with Gasteiger partial charge in [-0.2, -0.15) is 0 Å². The fourth-order valence-corrected chi connectivity index (χ4v) is 5.19. The van der Waals surface area contributed by atoms with E-state index in [0.717, 1.165) is 36.4 Å². The van der Waals surface area contributed by atoms with Gasteiger partial charge in [0.25, 0.3) is 11.8 Å². The molecule has 0 radical (unpaired) electrons. The molecule has 2 saturated heterocycles. The highest BCUT2D eigenvalue weighted by Crippen LogP contribution is 2.45. The van der Waals surface area contributed by atoms with E-state index < -0.39 is 23.8 Å². The minimum Gasteiger partial charge on any atom is -0.316 e. The summed E-state index contributed by atoms with van der Waals surface area (Å²) in [5, 5.41) is 9.40. The second-order valence-corrected chi connectivity index (χ2v) is 8.84. The van der Waals surface area contributed by atoms with Gasteiger partial charge >= 0.3 is 0 Å². The third kappa shape index (κ3) is 3.15. The van der Waals surface area contributed by atoms with Gasteiger partial charge in [-0.1, -0.05) is 12.1 Å². The summed E-state index contributed by atoms with van der Waals surface area (Å²) in [7, 11) is 0. The highest BCUT2D eigenvalue weighted by atomic mass is 16.2. The lowest BCUT2D eigenvalue weighted by atomic mass is 9.89. The minimum absolute atomic E-state index is 0.116. The molecule has 3 fully saturated rings. The topological polar surface area (TPSA) is 108 Å². The van der Waals surface area contributed by atoms with Gasteiger partial charge in [0.05, 0.1) is 11.1 Å². The van der Waals surface area contributed by atoms with Crippen molar-refractivity contribution in [3.8, 4) is 0 Å². The van der Waals surface area contributed by atoms with Gasteiger partial charge in [-0.25, -0.2) is 0 Å². The van der Waals surface area contributed by atoms with Gasteiger partial charge in [0.15, 0.2) is 0 Å². The minimum atomic E-state index is -0.931. The van der Waals surface area contributed by atoms with E-state index in [9.17, 15) is 19.2 Å². The Morgan fingerprint density at radius 1 is 1.10 bits per heavy atom. The van der Waals surface area contributed by atoms with E-state index in [4.69, 9.17) is 0 Å². The largest absolute Gasteiger partial charge is 0.316 e. The first-order valence-electron chi connectivity index (χ1n) is 10.8. The molecule has 5 rings (SSSR count). The first-order chi connectivity index (χ1) is 14.5. The number of carbonyl (C=O) groups excluding carboxylic acids is 4. The number of rotatable bonds is 5. The molecule has 1 aliphatic carbocycles. The lowest BCUT2D eigenvalue weighted by Gasteiger charge is -2.32. The van der Waals surface area contributed by atoms with E-state index in [-0.39, 0.29) is 24.3 Å². The van der Waals surface area contributed by atoms with E-state index in [1.54, 1.807) is 12.1 Å². The standard InChI is InChI=1S/C22H26N4O4/c27-17-7-6-16(19(28)25-17)26-20(29)15-5-1-3-13(18(15)21(26)30)11-24-22(8-9-22)14-4-2-10-23-12-14/h1,3,5,14,16,23-24H,2,4,6-12H2,(H,25,27,28). The van der Waals surface area contributed by atoms with Crippen molar-refractivity contribution in [3.63, 3.8) is 0 Å². The summed E-state index contributed by atoms with van der Waals surface area (Å²) in [6, 6.07) is 4.37. The maximum absolute atomic E-state index is 13.2. The Morgan fingerprint density at radius 2 is 1.93 bits per heavy atom. The third-order valence-electron chi connectivity index (χ3n) is 7.05. The van der Waals surface area contributed by atoms with Crippen LogP contribution in [0.15, 0.2) is 18.2 Å². The van der Waals surface area contributed by atoms with E-state index in [2.05, 4.69) is 16.0 Å². The van der Waals surface area contributed by atoms with Gasteiger partial charge < -0.3 is 10.6 Å². The Morgan fingerprint density at radius 3 is 2.63 bits per heavy atom. The molecule has 1 saturated carbocycles. The normalized spacial score (nSPS) is 27.8. The van der Waals surface area contributed by atoms with Crippen molar-refractivity contribution in [2.45, 2.75) is 56.7 Å². The molecule has 3 heterocycles. The molecule has 0 spiro atoms. The monoisotopic (exact) mass is 410 g/mol. The molecule has 0 aromatic heterocycles. The maximum atomic E-state index is 13.2. The summed E-state index contributed by atoms with van der Waals surface area (Å²) in [5.41, 5.74) is 1.63. The molecule has 1 aromatic carbocycles. The molecular formula is C22H26N4O4. The predicted molar refractivity (Wildman–Crippen MR) is 108 cm³/mol. The van der Waals surface area contributed by atoms with Crippen LogP contribution in [0.4, 0.5) is 0 Å². The zero-order valence-corrected chi connectivity index (χ0v) is 16.8. The number of carbonyl (C=O) groups is 4. The zero-order chi connectivity index (χ0) is 20.9. The summed E-state index contributed by atoms with van der Waals surface area (Å²) in [4.78, 5) is 50.9. The van der Waals surface area contributed by atoms with Gasteiger partial charge in [-0.05, 0) is 62.7 Å². The van der Waals surface area contributed by atoms with Crippen LogP contribution in [-0.4, -0.2) is 53.2 Å². The molecule has 3 N–H and O–H groups in total. The number of piperidine rings is 2. The average Bonchev–Trinajstić information content (AvgIpc) is 3.50. The molecule has 0 bridgehead atoms. The van der Waals surface area contributed by atoms with E-state index >= 15 is 0 Å². The van der Waals surface area contributed by atoms with E-state index in [0.29, 0.717) is 23.6 Å². The fourth-order valence-electron chi connectivity index (χ4n) is 5.19. The number of benzene rings is 1. The van der Waals surface area contributed by atoms with Crippen molar-refractivity contribution in [2.75, 3.05) is 13.1 Å². The third-order valence-corrected chi connectivity index (χ3v) is 7.05. The van der Waals surface area contributed by atoms with Crippen LogP contribution >= 0.6 is 0 Å². The van der Waals surface area contributed by atoms with Crippen molar-refractivity contribution in [1.29, 1.82) is 0 Å². The summed E-state index contributed by atoms with van der Waals surface area (Å²) in [6.45, 7) is 2.61. The zero-order valence-electron chi connectivity index (χ0n) is 16.8. The number of nitrogens with one attached hydrogen (secondary N) is 3. The molecular weight excluding hydrogens is 384 g/mol. The fraction of sp³-hybridized carbons (Fsp3) is 0.545. The van der Waals surface area contributed by atoms with Crippen molar-refractivity contribution < 1.29 is 19.2 Å². The number of hydrogen-bond donors (Lipinski definition) is 3. The lowest BCUT2D eigenvalue weighted by molar-refractivity contribution is -0.136. The van der Waals surface area contributed by atoms with Gasteiger partial charge in [0.1, 0.15) is 6.04 Å². The summed E-state index contributed by atoms with van der Waals surface area (Å²) < 4.78 is 0. The Labute approximate surface area is 174 Å². The van der Waals surface area contributed by atoms with Crippen LogP contribution < -0.4 is 16.0 Å². The van der Waals surface area contributed by atoms with Crippen LogP contribution in [-0.2, 0) is 16.1 Å². The molecule has 4 amide bonds. The average molecular weight is 410 g/mol. The molecule has 30 heavy (non-hydrogen) atoms. The van der Waals surface area contributed by atoms with Gasteiger partial charge in [-0.15, -0.1) is 0 Å². The SMILES string of the molecule is O=C1CCC(N2C(=O)c3cccc(CNC4(C5CCCNC5)CC4)c3C2=O)C(=O)N1. The Kier molecular flexibility index (Phi) is 4.71. The van der Waals surface area contributed by atoms with Crippen LogP contribution in [0, 0.1) is 5.92 Å². The van der Waals surface area contributed by atoms with Gasteiger partial charge in [0, 0.05) is 18.5 Å². The van der Waals surface area contributed by atoms with E-state index in [1.165, 1.54) is 12.8 Å². The van der Waals surface area contributed by atoms with Crippen LogP contribution in [0.3, 0.4) is 0 Å². The van der Waals surface area contributed by atoms with E-state index in [1.807, 2.05) is 6.07 Å². The summed E-state index contributed by atoms with van der Waals surface area (Å²) >= 11 is 0. The number of fused-ring (bicyclic) bond motifs is 1. The summed E-state index contributed by atoms with van der Waals surface area (Å²) in [5.74, 6) is -1.26.